The molecule has 0 aliphatic heterocycles. The first kappa shape index (κ1) is 8.85. The quantitative estimate of drug-likeness (QED) is 0.664. The van der Waals surface area contributed by atoms with E-state index in [0.717, 1.165) is 17.7 Å². The van der Waals surface area contributed by atoms with E-state index in [1.807, 2.05) is 18.2 Å². The first-order valence-corrected chi connectivity index (χ1v) is 4.11. The van der Waals surface area contributed by atoms with Crippen molar-refractivity contribution < 1.29 is 4.74 Å². The molecule has 1 aromatic carbocycles. The Bertz CT molecular complexity index is 276. The second-order valence-electron chi connectivity index (χ2n) is 2.62. The van der Waals surface area contributed by atoms with Gasteiger partial charge in [0, 0.05) is 0 Å². The summed E-state index contributed by atoms with van der Waals surface area (Å²) >= 11 is 0. The number of ether oxygens (including phenoxy) is 1. The lowest BCUT2D eigenvalue weighted by atomic mass is 10.1. The summed E-state index contributed by atoms with van der Waals surface area (Å²) in [5, 5.41) is 0. The van der Waals surface area contributed by atoms with E-state index in [0.29, 0.717) is 0 Å². The maximum absolute atomic E-state index is 5.11. The molecule has 64 valence electrons. The van der Waals surface area contributed by atoms with Crippen LogP contribution < -0.4 is 4.74 Å². The Morgan fingerprint density at radius 1 is 1.50 bits per heavy atom. The topological polar surface area (TPSA) is 9.23 Å². The average Bonchev–Trinajstić information content (AvgIpc) is 2.16. The standard InChI is InChI=1S/C11H14O/c1-4-9-6-7-11(12-3)8-10(9)5-2/h5-8H,2,4H2,1,3H3. The van der Waals surface area contributed by atoms with Crippen LogP contribution in [0.1, 0.15) is 18.1 Å². The van der Waals surface area contributed by atoms with E-state index in [-0.39, 0.29) is 0 Å². The van der Waals surface area contributed by atoms with Crippen LogP contribution in [0.15, 0.2) is 24.8 Å². The van der Waals surface area contributed by atoms with Gasteiger partial charge in [0.1, 0.15) is 5.75 Å². The van der Waals surface area contributed by atoms with Crippen molar-refractivity contribution in [3.63, 3.8) is 0 Å². The van der Waals surface area contributed by atoms with Gasteiger partial charge in [-0.3, -0.25) is 0 Å². The molecule has 0 aliphatic carbocycles. The summed E-state index contributed by atoms with van der Waals surface area (Å²) < 4.78 is 5.11. The molecule has 1 heteroatoms. The normalized spacial score (nSPS) is 9.50. The second-order valence-corrected chi connectivity index (χ2v) is 2.62. The van der Waals surface area contributed by atoms with Crippen LogP contribution in [0.4, 0.5) is 0 Å². The molecule has 0 N–H and O–H groups in total. The largest absolute Gasteiger partial charge is 0.497 e. The molecular formula is C11H14O. The first-order valence-electron chi connectivity index (χ1n) is 4.11. The zero-order valence-corrected chi connectivity index (χ0v) is 7.63. The Kier molecular flexibility index (Phi) is 2.92. The summed E-state index contributed by atoms with van der Waals surface area (Å²) in [5.41, 5.74) is 2.47. The van der Waals surface area contributed by atoms with Crippen LogP contribution in [0.2, 0.25) is 0 Å². The van der Waals surface area contributed by atoms with Gasteiger partial charge in [0.15, 0.2) is 0 Å². The third kappa shape index (κ3) is 1.67. The summed E-state index contributed by atoms with van der Waals surface area (Å²) in [6.45, 7) is 5.89. The molecule has 0 unspecified atom stereocenters. The van der Waals surface area contributed by atoms with Crippen LogP contribution >= 0.6 is 0 Å². The molecule has 0 aliphatic rings. The summed E-state index contributed by atoms with van der Waals surface area (Å²) in [6, 6.07) is 6.06. The highest BCUT2D eigenvalue weighted by Gasteiger charge is 1.98. The molecule has 0 bridgehead atoms. The summed E-state index contributed by atoms with van der Waals surface area (Å²) in [5.74, 6) is 0.891. The predicted octanol–water partition coefficient (Wildman–Crippen LogP) is 2.90. The zero-order chi connectivity index (χ0) is 8.97. The monoisotopic (exact) mass is 162 g/mol. The molecular weight excluding hydrogens is 148 g/mol. The highest BCUT2D eigenvalue weighted by atomic mass is 16.5. The smallest absolute Gasteiger partial charge is 0.119 e. The lowest BCUT2D eigenvalue weighted by Crippen LogP contribution is -1.88. The molecule has 0 saturated heterocycles. The van der Waals surface area contributed by atoms with Crippen molar-refractivity contribution in [2.45, 2.75) is 13.3 Å². The van der Waals surface area contributed by atoms with Gasteiger partial charge in [-0.1, -0.05) is 25.6 Å². The van der Waals surface area contributed by atoms with Crippen LogP contribution in [0, 0.1) is 0 Å². The van der Waals surface area contributed by atoms with Crippen molar-refractivity contribution in [1.29, 1.82) is 0 Å². The van der Waals surface area contributed by atoms with Gasteiger partial charge >= 0.3 is 0 Å². The summed E-state index contributed by atoms with van der Waals surface area (Å²) in [6.07, 6.45) is 2.90. The number of hydrogen-bond acceptors (Lipinski definition) is 1. The van der Waals surface area contributed by atoms with Crippen LogP contribution in [0.3, 0.4) is 0 Å². The van der Waals surface area contributed by atoms with Crippen molar-refractivity contribution in [2.24, 2.45) is 0 Å². The van der Waals surface area contributed by atoms with Gasteiger partial charge in [-0.2, -0.15) is 0 Å². The minimum atomic E-state index is 0.891. The van der Waals surface area contributed by atoms with Crippen molar-refractivity contribution in [1.82, 2.24) is 0 Å². The van der Waals surface area contributed by atoms with Crippen molar-refractivity contribution in [2.75, 3.05) is 7.11 Å². The minimum Gasteiger partial charge on any atom is -0.497 e. The van der Waals surface area contributed by atoms with Crippen LogP contribution in [-0.4, -0.2) is 7.11 Å². The summed E-state index contributed by atoms with van der Waals surface area (Å²) in [4.78, 5) is 0. The fraction of sp³-hybridized carbons (Fsp3) is 0.273. The Morgan fingerprint density at radius 2 is 2.25 bits per heavy atom. The van der Waals surface area contributed by atoms with Crippen LogP contribution in [0.25, 0.3) is 6.08 Å². The van der Waals surface area contributed by atoms with Gasteiger partial charge in [-0.25, -0.2) is 0 Å². The van der Waals surface area contributed by atoms with E-state index in [9.17, 15) is 0 Å². The fourth-order valence-electron chi connectivity index (χ4n) is 1.21. The van der Waals surface area contributed by atoms with Crippen molar-refractivity contribution in [3.8, 4) is 5.75 Å². The van der Waals surface area contributed by atoms with Crippen molar-refractivity contribution >= 4 is 6.08 Å². The van der Waals surface area contributed by atoms with E-state index in [1.54, 1.807) is 7.11 Å². The Balaban J connectivity index is 3.10. The lowest BCUT2D eigenvalue weighted by molar-refractivity contribution is 0.414. The van der Waals surface area contributed by atoms with E-state index in [4.69, 9.17) is 4.74 Å². The van der Waals surface area contributed by atoms with Crippen LogP contribution in [-0.2, 0) is 6.42 Å². The van der Waals surface area contributed by atoms with Gasteiger partial charge in [0.2, 0.25) is 0 Å². The van der Waals surface area contributed by atoms with E-state index in [1.165, 1.54) is 5.56 Å². The molecule has 0 radical (unpaired) electrons. The third-order valence-electron chi connectivity index (χ3n) is 1.95. The highest BCUT2D eigenvalue weighted by Crippen LogP contribution is 2.18. The molecule has 1 rings (SSSR count). The number of benzene rings is 1. The second kappa shape index (κ2) is 3.96. The van der Waals surface area contributed by atoms with Gasteiger partial charge in [-0.15, -0.1) is 0 Å². The number of rotatable bonds is 3. The molecule has 12 heavy (non-hydrogen) atoms. The van der Waals surface area contributed by atoms with E-state index < -0.39 is 0 Å². The first-order chi connectivity index (χ1) is 5.81. The maximum Gasteiger partial charge on any atom is 0.119 e. The lowest BCUT2D eigenvalue weighted by Gasteiger charge is -2.05. The Labute approximate surface area is 73.7 Å². The van der Waals surface area contributed by atoms with Crippen molar-refractivity contribution in [3.05, 3.63) is 35.9 Å². The zero-order valence-electron chi connectivity index (χ0n) is 7.63. The molecule has 0 heterocycles. The SMILES string of the molecule is C=Cc1cc(OC)ccc1CC. The molecule has 0 spiro atoms. The Hall–Kier alpha value is -1.24. The third-order valence-corrected chi connectivity index (χ3v) is 1.95. The molecule has 0 atom stereocenters. The Morgan fingerprint density at radius 3 is 2.75 bits per heavy atom. The van der Waals surface area contributed by atoms with Gasteiger partial charge in [0.25, 0.3) is 0 Å². The molecule has 1 nitrogen and oxygen atoms in total. The molecule has 0 aromatic heterocycles. The summed E-state index contributed by atoms with van der Waals surface area (Å²) in [7, 11) is 1.67. The molecule has 0 saturated carbocycles. The van der Waals surface area contributed by atoms with Crippen LogP contribution in [0.5, 0.6) is 5.75 Å². The minimum absolute atomic E-state index is 0.891. The molecule has 1 aromatic rings. The average molecular weight is 162 g/mol. The number of aryl methyl sites for hydroxylation is 1. The fourth-order valence-corrected chi connectivity index (χ4v) is 1.21. The van der Waals surface area contributed by atoms with Gasteiger partial charge in [-0.05, 0) is 29.7 Å². The van der Waals surface area contributed by atoms with E-state index in [2.05, 4.69) is 19.6 Å². The predicted molar refractivity (Wildman–Crippen MR) is 52.5 cm³/mol. The van der Waals surface area contributed by atoms with Gasteiger partial charge in [0.05, 0.1) is 7.11 Å². The number of hydrogen-bond donors (Lipinski definition) is 0. The number of methoxy groups -OCH3 is 1. The van der Waals surface area contributed by atoms with E-state index >= 15 is 0 Å². The highest BCUT2D eigenvalue weighted by molar-refractivity contribution is 5.54. The maximum atomic E-state index is 5.11. The molecule has 0 amide bonds. The van der Waals surface area contributed by atoms with Gasteiger partial charge < -0.3 is 4.74 Å². The molecule has 0 fully saturated rings.